The van der Waals surface area contributed by atoms with Gasteiger partial charge in [0, 0.05) is 33.0 Å². The molecule has 13 heteroatoms. The number of hydrogen-bond acceptors (Lipinski definition) is 13. The number of ether oxygens (including phenoxy) is 7. The predicted molar refractivity (Wildman–Crippen MR) is 193 cm³/mol. The minimum atomic E-state index is -1.80. The van der Waals surface area contributed by atoms with E-state index < -0.39 is 82.4 Å². The number of nitrogens with zero attached hydrogens (tertiary/aromatic N) is 1. The van der Waals surface area contributed by atoms with Gasteiger partial charge in [0.05, 0.1) is 42.3 Å². The quantitative estimate of drug-likeness (QED) is 0.193. The third-order valence-electron chi connectivity index (χ3n) is 11.4. The van der Waals surface area contributed by atoms with Crippen LogP contribution in [-0.4, -0.2) is 109 Å². The number of morpholine rings is 1. The highest BCUT2D eigenvalue weighted by molar-refractivity contribution is 5.90. The van der Waals surface area contributed by atoms with Crippen molar-refractivity contribution in [2.45, 2.75) is 95.6 Å². The zero-order chi connectivity index (χ0) is 38.9. The van der Waals surface area contributed by atoms with Crippen LogP contribution in [0.15, 0.2) is 66.7 Å². The summed E-state index contributed by atoms with van der Waals surface area (Å²) in [5.41, 5.74) is -5.31. The lowest BCUT2D eigenvalue weighted by molar-refractivity contribution is -0.338. The fourth-order valence-corrected chi connectivity index (χ4v) is 9.23. The SMILES string of the molecule is CC(=O)O[C@H]1CC[C@](C)(OC(=O)CN2CCOCC2)[C@]23OC(C)(C)[C@H]([C@H](OC(=O)/C=C/c4ccccc4)[C@H](OC(=O)c4ccccc4)[C@]12C)[C@H]3OC(C)=O. The number of carbonyl (C=O) groups is 5. The second-order valence-corrected chi connectivity index (χ2v) is 15.3. The molecule has 290 valence electrons. The van der Waals surface area contributed by atoms with Crippen molar-refractivity contribution in [1.29, 1.82) is 0 Å². The zero-order valence-corrected chi connectivity index (χ0v) is 31.6. The number of carbonyl (C=O) groups excluding carboxylic acids is 5. The highest BCUT2D eigenvalue weighted by atomic mass is 16.7. The Morgan fingerprint density at radius 1 is 0.815 bits per heavy atom. The lowest BCUT2D eigenvalue weighted by Crippen LogP contribution is -2.82. The van der Waals surface area contributed by atoms with Gasteiger partial charge in [0.25, 0.3) is 0 Å². The molecule has 2 aromatic rings. The Labute approximate surface area is 315 Å². The summed E-state index contributed by atoms with van der Waals surface area (Å²) in [6.07, 6.45) is -1.86. The van der Waals surface area contributed by atoms with Crippen molar-refractivity contribution in [2.24, 2.45) is 11.3 Å². The molecule has 2 aromatic carbocycles. The zero-order valence-electron chi connectivity index (χ0n) is 31.6. The summed E-state index contributed by atoms with van der Waals surface area (Å²) < 4.78 is 44.2. The van der Waals surface area contributed by atoms with Crippen LogP contribution in [0.25, 0.3) is 6.08 Å². The summed E-state index contributed by atoms with van der Waals surface area (Å²) in [5, 5.41) is 0. The molecule has 2 heterocycles. The summed E-state index contributed by atoms with van der Waals surface area (Å²) in [6.45, 7) is 11.4. The third-order valence-corrected chi connectivity index (χ3v) is 11.4. The van der Waals surface area contributed by atoms with Crippen molar-refractivity contribution in [1.82, 2.24) is 4.90 Å². The molecule has 2 saturated heterocycles. The number of fused-ring (bicyclic) bond motifs is 1. The molecule has 8 atom stereocenters. The van der Waals surface area contributed by atoms with Gasteiger partial charge in [0.1, 0.15) is 23.9 Å². The Balaban J connectivity index is 1.52. The summed E-state index contributed by atoms with van der Waals surface area (Å²) in [7, 11) is 0. The van der Waals surface area contributed by atoms with Crippen LogP contribution in [0.2, 0.25) is 0 Å². The molecule has 0 amide bonds. The van der Waals surface area contributed by atoms with E-state index in [1.807, 2.05) is 35.2 Å². The third kappa shape index (κ3) is 7.16. The molecule has 13 nitrogen and oxygen atoms in total. The van der Waals surface area contributed by atoms with E-state index in [1.54, 1.807) is 64.1 Å². The number of esters is 5. The molecule has 2 saturated carbocycles. The Hall–Kier alpha value is -4.59. The smallest absolute Gasteiger partial charge is 0.338 e. The molecule has 2 aliphatic heterocycles. The van der Waals surface area contributed by atoms with Gasteiger partial charge in [-0.1, -0.05) is 48.5 Å². The Morgan fingerprint density at radius 2 is 1.44 bits per heavy atom. The summed E-state index contributed by atoms with van der Waals surface area (Å²) >= 11 is 0. The molecule has 6 rings (SSSR count). The molecule has 2 aliphatic carbocycles. The average Bonchev–Trinajstić information content (AvgIpc) is 3.33. The van der Waals surface area contributed by atoms with Crippen molar-refractivity contribution < 1.29 is 57.1 Å². The Morgan fingerprint density at radius 3 is 2.07 bits per heavy atom. The van der Waals surface area contributed by atoms with Crippen LogP contribution in [0.1, 0.15) is 70.3 Å². The van der Waals surface area contributed by atoms with Crippen LogP contribution in [0.3, 0.4) is 0 Å². The summed E-state index contributed by atoms with van der Waals surface area (Å²) in [6, 6.07) is 17.5. The first kappa shape index (κ1) is 39.1. The summed E-state index contributed by atoms with van der Waals surface area (Å²) in [5.74, 6) is -4.31. The van der Waals surface area contributed by atoms with Gasteiger partial charge in [-0.3, -0.25) is 19.3 Å². The van der Waals surface area contributed by atoms with Crippen molar-refractivity contribution in [3.63, 3.8) is 0 Å². The van der Waals surface area contributed by atoms with E-state index in [4.69, 9.17) is 33.2 Å². The first-order valence-electron chi connectivity index (χ1n) is 18.4. The Bertz CT molecular complexity index is 1760. The maximum Gasteiger partial charge on any atom is 0.338 e. The van der Waals surface area contributed by atoms with E-state index in [-0.39, 0.29) is 24.9 Å². The van der Waals surface area contributed by atoms with Gasteiger partial charge in [-0.25, -0.2) is 9.59 Å². The van der Waals surface area contributed by atoms with Crippen LogP contribution in [0.5, 0.6) is 0 Å². The molecule has 2 bridgehead atoms. The number of hydrogen-bond donors (Lipinski definition) is 0. The van der Waals surface area contributed by atoms with Crippen LogP contribution in [0, 0.1) is 11.3 Å². The van der Waals surface area contributed by atoms with Crippen LogP contribution < -0.4 is 0 Å². The van der Waals surface area contributed by atoms with Crippen molar-refractivity contribution >= 4 is 35.9 Å². The van der Waals surface area contributed by atoms with Crippen LogP contribution in [-0.2, 0) is 52.3 Å². The molecular formula is C41H49NO12. The predicted octanol–water partition coefficient (Wildman–Crippen LogP) is 4.31. The highest BCUT2D eigenvalue weighted by Gasteiger charge is 2.86. The van der Waals surface area contributed by atoms with Gasteiger partial charge in [-0.2, -0.15) is 0 Å². The second-order valence-electron chi connectivity index (χ2n) is 15.3. The van der Waals surface area contributed by atoms with E-state index in [9.17, 15) is 24.0 Å². The maximum absolute atomic E-state index is 14.1. The van der Waals surface area contributed by atoms with Gasteiger partial charge < -0.3 is 33.2 Å². The second kappa shape index (κ2) is 15.3. The molecule has 1 spiro atoms. The first-order valence-corrected chi connectivity index (χ1v) is 18.4. The molecule has 0 radical (unpaired) electrons. The minimum absolute atomic E-state index is 0.0371. The molecule has 4 fully saturated rings. The van der Waals surface area contributed by atoms with Gasteiger partial charge in [-0.05, 0) is 64.3 Å². The molecular weight excluding hydrogens is 698 g/mol. The monoisotopic (exact) mass is 747 g/mol. The van der Waals surface area contributed by atoms with Gasteiger partial charge in [0.2, 0.25) is 0 Å². The van der Waals surface area contributed by atoms with E-state index in [2.05, 4.69) is 0 Å². The molecule has 4 aliphatic rings. The van der Waals surface area contributed by atoms with E-state index in [1.165, 1.54) is 19.9 Å². The fraction of sp³-hybridized carbons (Fsp3) is 0.537. The van der Waals surface area contributed by atoms with Crippen LogP contribution >= 0.6 is 0 Å². The van der Waals surface area contributed by atoms with Crippen molar-refractivity contribution in [3.05, 3.63) is 77.9 Å². The fourth-order valence-electron chi connectivity index (χ4n) is 9.23. The van der Waals surface area contributed by atoms with Crippen molar-refractivity contribution in [2.75, 3.05) is 32.8 Å². The lowest BCUT2D eigenvalue weighted by Gasteiger charge is -2.65. The minimum Gasteiger partial charge on any atom is -0.462 e. The highest BCUT2D eigenvalue weighted by Crippen LogP contribution is 2.70. The molecule has 0 N–H and O–H groups in total. The lowest BCUT2D eigenvalue weighted by atomic mass is 9.46. The largest absolute Gasteiger partial charge is 0.462 e. The normalized spacial score (nSPS) is 32.9. The first-order chi connectivity index (χ1) is 25.6. The van der Waals surface area contributed by atoms with Gasteiger partial charge in [0.15, 0.2) is 11.7 Å². The number of benzene rings is 2. The van der Waals surface area contributed by atoms with E-state index >= 15 is 0 Å². The van der Waals surface area contributed by atoms with Gasteiger partial charge >= 0.3 is 29.8 Å². The van der Waals surface area contributed by atoms with Crippen LogP contribution in [0.4, 0.5) is 0 Å². The number of rotatable bonds is 10. The topological polar surface area (TPSA) is 153 Å². The molecule has 0 aromatic heterocycles. The molecule has 0 unspecified atom stereocenters. The van der Waals surface area contributed by atoms with E-state index in [0.717, 1.165) is 5.56 Å². The van der Waals surface area contributed by atoms with E-state index in [0.29, 0.717) is 26.3 Å². The Kier molecular flexibility index (Phi) is 11.1. The maximum atomic E-state index is 14.1. The van der Waals surface area contributed by atoms with Gasteiger partial charge in [-0.15, -0.1) is 0 Å². The van der Waals surface area contributed by atoms with Crippen molar-refractivity contribution in [3.8, 4) is 0 Å². The molecule has 54 heavy (non-hydrogen) atoms. The standard InChI is InChI=1S/C41H49NO12/c1-26(43)49-30-19-20-39(5,53-32(46)25-42-21-23-48-24-22-42)41-35(50-27(2)44)33(38(3,4)54-41)34(51-31(45)18-17-28-13-9-7-10-14-28)36(40(30,41)6)52-37(47)29-15-11-8-12-16-29/h7-18,30,33-36H,19-25H2,1-6H3/b18-17+/t30-,33+,34-,35+,36-,39-,40-,41-/m0/s1. The average molecular weight is 748 g/mol. The summed E-state index contributed by atoms with van der Waals surface area (Å²) in [4.78, 5) is 69.7.